The fraction of sp³-hybridized carbons (Fsp3) is 0.688. The maximum Gasteiger partial charge on any atom is 0.223 e. The van der Waals surface area contributed by atoms with Gasteiger partial charge in [-0.05, 0) is 50.8 Å². The second kappa shape index (κ2) is 11.6. The van der Waals surface area contributed by atoms with E-state index in [0.29, 0.717) is 19.0 Å². The summed E-state index contributed by atoms with van der Waals surface area (Å²) in [7, 11) is 0. The van der Waals surface area contributed by atoms with Crippen LogP contribution in [0, 0.1) is 0 Å². The average molecular weight is 359 g/mol. The predicted molar refractivity (Wildman–Crippen MR) is 98.0 cm³/mol. The van der Waals surface area contributed by atoms with Crippen molar-refractivity contribution in [3.8, 4) is 0 Å². The van der Waals surface area contributed by atoms with Crippen molar-refractivity contribution < 1.29 is 4.79 Å². The van der Waals surface area contributed by atoms with Crippen LogP contribution >= 0.6 is 24.2 Å². The number of hydrogen-bond acceptors (Lipinski definition) is 5. The van der Waals surface area contributed by atoms with E-state index < -0.39 is 0 Å². The molecule has 0 aliphatic carbocycles. The van der Waals surface area contributed by atoms with Crippen molar-refractivity contribution in [2.45, 2.75) is 44.7 Å². The lowest BCUT2D eigenvalue weighted by molar-refractivity contribution is -0.134. The summed E-state index contributed by atoms with van der Waals surface area (Å²) in [6.45, 7) is 2.67. The van der Waals surface area contributed by atoms with E-state index in [1.165, 1.54) is 6.33 Å². The third-order valence-corrected chi connectivity index (χ3v) is 4.71. The van der Waals surface area contributed by atoms with Crippen LogP contribution in [0.1, 0.15) is 37.7 Å². The van der Waals surface area contributed by atoms with E-state index in [1.54, 1.807) is 11.8 Å². The molecule has 0 spiro atoms. The van der Waals surface area contributed by atoms with Crippen LogP contribution < -0.4 is 5.32 Å². The molecule has 1 N–H and O–H groups in total. The van der Waals surface area contributed by atoms with Gasteiger partial charge in [-0.1, -0.05) is 0 Å². The van der Waals surface area contributed by atoms with Crippen molar-refractivity contribution in [3.63, 3.8) is 0 Å². The molecule has 2 heterocycles. The molecular weight excluding hydrogens is 332 g/mol. The van der Waals surface area contributed by atoms with Crippen molar-refractivity contribution in [2.24, 2.45) is 0 Å². The van der Waals surface area contributed by atoms with Crippen LogP contribution in [0.25, 0.3) is 0 Å². The van der Waals surface area contributed by atoms with Crippen LogP contribution in [0.2, 0.25) is 0 Å². The summed E-state index contributed by atoms with van der Waals surface area (Å²) in [5, 5.41) is 3.42. The number of nitrogens with zero attached hydrogens (tertiary/aromatic N) is 3. The maximum atomic E-state index is 12.7. The number of amides is 1. The molecule has 1 atom stereocenters. The molecule has 7 heteroatoms. The maximum absolute atomic E-state index is 12.7. The molecule has 0 bridgehead atoms. The molecule has 2 rings (SSSR count). The Morgan fingerprint density at radius 2 is 2.13 bits per heavy atom. The number of carbonyl (C=O) groups is 1. The quantitative estimate of drug-likeness (QED) is 0.759. The third-order valence-electron chi connectivity index (χ3n) is 4.01. The van der Waals surface area contributed by atoms with Gasteiger partial charge >= 0.3 is 0 Å². The van der Waals surface area contributed by atoms with E-state index in [2.05, 4.69) is 26.4 Å². The lowest BCUT2D eigenvalue weighted by Crippen LogP contribution is -2.40. The highest BCUT2D eigenvalue weighted by Gasteiger charge is 2.24. The minimum atomic E-state index is 0. The van der Waals surface area contributed by atoms with Crippen molar-refractivity contribution in [2.75, 3.05) is 25.1 Å². The Labute approximate surface area is 149 Å². The van der Waals surface area contributed by atoms with Gasteiger partial charge in [0.2, 0.25) is 5.91 Å². The fourth-order valence-corrected chi connectivity index (χ4v) is 3.29. The van der Waals surface area contributed by atoms with Gasteiger partial charge in [0.15, 0.2) is 0 Å². The van der Waals surface area contributed by atoms with Crippen LogP contribution in [0.4, 0.5) is 0 Å². The number of hydrogen-bond donors (Lipinski definition) is 1. The second-order valence-corrected chi connectivity index (χ2v) is 6.69. The van der Waals surface area contributed by atoms with Crippen molar-refractivity contribution in [3.05, 3.63) is 24.3 Å². The predicted octanol–water partition coefficient (Wildman–Crippen LogP) is 2.51. The first-order valence-electron chi connectivity index (χ1n) is 8.04. The Kier molecular flexibility index (Phi) is 10.2. The van der Waals surface area contributed by atoms with Gasteiger partial charge in [-0.15, -0.1) is 12.4 Å². The van der Waals surface area contributed by atoms with E-state index in [4.69, 9.17) is 0 Å². The first-order valence-corrected chi connectivity index (χ1v) is 9.43. The minimum absolute atomic E-state index is 0. The van der Waals surface area contributed by atoms with Crippen molar-refractivity contribution in [1.29, 1.82) is 0 Å². The van der Waals surface area contributed by atoms with E-state index in [-0.39, 0.29) is 18.3 Å². The zero-order valence-corrected chi connectivity index (χ0v) is 15.4. The first-order chi connectivity index (χ1) is 10.8. The van der Waals surface area contributed by atoms with E-state index in [9.17, 15) is 4.79 Å². The summed E-state index contributed by atoms with van der Waals surface area (Å²) in [6, 6.07) is 0.331. The number of aromatic nitrogens is 2. The molecule has 1 fully saturated rings. The van der Waals surface area contributed by atoms with Gasteiger partial charge in [0, 0.05) is 37.0 Å². The highest BCUT2D eigenvalue weighted by Crippen LogP contribution is 2.18. The molecule has 1 amide bonds. The molecule has 1 aliphatic heterocycles. The number of thioether (sulfide) groups is 1. The van der Waals surface area contributed by atoms with Crippen LogP contribution in [-0.4, -0.2) is 51.9 Å². The number of carbonyl (C=O) groups excluding carboxylic acids is 1. The Morgan fingerprint density at radius 3 is 2.87 bits per heavy atom. The summed E-state index contributed by atoms with van der Waals surface area (Å²) in [5.74, 6) is 1.31. The lowest BCUT2D eigenvalue weighted by atomic mass is 10.1. The molecule has 0 saturated carbocycles. The zero-order valence-electron chi connectivity index (χ0n) is 13.7. The Morgan fingerprint density at radius 1 is 1.35 bits per heavy atom. The SMILES string of the molecule is CSCCCC(=O)N(Cc1cncnc1)C1CCCNCC1.Cl. The highest BCUT2D eigenvalue weighted by molar-refractivity contribution is 7.98. The minimum Gasteiger partial charge on any atom is -0.335 e. The molecule has 130 valence electrons. The third kappa shape index (κ3) is 7.06. The topological polar surface area (TPSA) is 58.1 Å². The van der Waals surface area contributed by atoms with Gasteiger partial charge in [0.05, 0.1) is 0 Å². The van der Waals surface area contributed by atoms with E-state index in [1.807, 2.05) is 12.4 Å². The molecule has 5 nitrogen and oxygen atoms in total. The lowest BCUT2D eigenvalue weighted by Gasteiger charge is -2.31. The number of halogens is 1. The standard InChI is InChI=1S/C16H26N4OS.ClH/c1-22-9-3-5-16(21)20(12-14-10-18-13-19-11-14)15-4-2-7-17-8-6-15;/h10-11,13,15,17H,2-9,12H2,1H3;1H. The largest absolute Gasteiger partial charge is 0.335 e. The second-order valence-electron chi connectivity index (χ2n) is 5.70. The number of rotatable bonds is 7. The Bertz CT molecular complexity index is 441. The number of nitrogens with one attached hydrogen (secondary N) is 1. The first kappa shape index (κ1) is 20.2. The summed E-state index contributed by atoms with van der Waals surface area (Å²) in [4.78, 5) is 22.9. The normalized spacial score (nSPS) is 17.9. The molecular formula is C16H27ClN4OS. The molecule has 1 aliphatic rings. The Hall–Kier alpha value is -0.850. The monoisotopic (exact) mass is 358 g/mol. The smallest absolute Gasteiger partial charge is 0.223 e. The van der Waals surface area contributed by atoms with Crippen LogP contribution in [0.5, 0.6) is 0 Å². The Balaban J connectivity index is 0.00000264. The van der Waals surface area contributed by atoms with Gasteiger partial charge in [-0.25, -0.2) is 9.97 Å². The van der Waals surface area contributed by atoms with Gasteiger partial charge < -0.3 is 10.2 Å². The van der Waals surface area contributed by atoms with Crippen LogP contribution in [0.15, 0.2) is 18.7 Å². The van der Waals surface area contributed by atoms with Crippen LogP contribution in [-0.2, 0) is 11.3 Å². The molecule has 1 unspecified atom stereocenters. The summed E-state index contributed by atoms with van der Waals surface area (Å²) < 4.78 is 0. The van der Waals surface area contributed by atoms with Crippen LogP contribution in [0.3, 0.4) is 0 Å². The summed E-state index contributed by atoms with van der Waals surface area (Å²) in [6.07, 6.45) is 12.1. The van der Waals surface area contributed by atoms with Gasteiger partial charge in [0.25, 0.3) is 0 Å². The van der Waals surface area contributed by atoms with E-state index >= 15 is 0 Å². The summed E-state index contributed by atoms with van der Waals surface area (Å²) >= 11 is 1.80. The molecule has 0 radical (unpaired) electrons. The highest BCUT2D eigenvalue weighted by atomic mass is 35.5. The average Bonchev–Trinajstić information content (AvgIpc) is 2.83. The molecule has 1 saturated heterocycles. The van der Waals surface area contributed by atoms with E-state index in [0.717, 1.165) is 50.1 Å². The zero-order chi connectivity index (χ0) is 15.6. The molecule has 1 aromatic heterocycles. The van der Waals surface area contributed by atoms with Gasteiger partial charge in [-0.3, -0.25) is 4.79 Å². The molecule has 1 aromatic rings. The van der Waals surface area contributed by atoms with Crippen molar-refractivity contribution in [1.82, 2.24) is 20.2 Å². The van der Waals surface area contributed by atoms with Crippen molar-refractivity contribution >= 4 is 30.1 Å². The molecule has 23 heavy (non-hydrogen) atoms. The van der Waals surface area contributed by atoms with Gasteiger partial charge in [-0.2, -0.15) is 11.8 Å². The summed E-state index contributed by atoms with van der Waals surface area (Å²) in [5.41, 5.74) is 1.01. The fourth-order valence-electron chi connectivity index (χ4n) is 2.85. The molecule has 0 aromatic carbocycles. The van der Waals surface area contributed by atoms with Gasteiger partial charge in [0.1, 0.15) is 6.33 Å².